The number of fused-ring (bicyclic) bond motifs is 7. The number of aromatic hydroxyl groups is 1. The molecule has 3 heterocycles. The number of β-amino-alcohol motifs (C(OH)–C–C–N with tert-alkyl or cyclic N) is 1. The molecule has 4 bridgehead atoms. The summed E-state index contributed by atoms with van der Waals surface area (Å²) >= 11 is 0. The van der Waals surface area contributed by atoms with E-state index in [9.17, 15) is 40.2 Å². The number of carbonyl (C=O) groups is 2. The highest BCUT2D eigenvalue weighted by Gasteiger charge is 2.53. The Labute approximate surface area is 233 Å². The van der Waals surface area contributed by atoms with Gasteiger partial charge < -0.3 is 45.4 Å². The van der Waals surface area contributed by atoms with Crippen LogP contribution in [-0.2, 0) is 4.74 Å². The number of anilines is 1. The summed E-state index contributed by atoms with van der Waals surface area (Å²) in [5, 5.41) is 67.5. The molecule has 0 saturated carbocycles. The van der Waals surface area contributed by atoms with Gasteiger partial charge in [0.15, 0.2) is 5.78 Å². The lowest BCUT2D eigenvalue weighted by Crippen LogP contribution is -2.66. The number of ether oxygens (including phenoxy) is 2. The van der Waals surface area contributed by atoms with Gasteiger partial charge in [0.05, 0.1) is 23.8 Å². The summed E-state index contributed by atoms with van der Waals surface area (Å²) in [5.74, 6) is -1.62. The Bertz CT molecular complexity index is 1620. The number of aliphatic hydroxyl groups excluding tert-OH is 5. The number of pyridine rings is 1. The quantitative estimate of drug-likeness (QED) is 0.156. The average molecular weight is 565 g/mol. The van der Waals surface area contributed by atoms with Crippen molar-refractivity contribution in [3.8, 4) is 11.5 Å². The van der Waals surface area contributed by atoms with Crippen LogP contribution in [0.1, 0.15) is 43.8 Å². The predicted molar refractivity (Wildman–Crippen MR) is 143 cm³/mol. The molecule has 1 aromatic heterocycles. The summed E-state index contributed by atoms with van der Waals surface area (Å²) in [5.41, 5.74) is -1.82. The van der Waals surface area contributed by atoms with Crippen molar-refractivity contribution in [2.45, 2.75) is 49.7 Å². The van der Waals surface area contributed by atoms with Crippen LogP contribution in [0.2, 0.25) is 0 Å². The summed E-state index contributed by atoms with van der Waals surface area (Å²) in [6.45, 7) is 0.867. The molecule has 1 fully saturated rings. The zero-order valence-corrected chi connectivity index (χ0v) is 21.8. The molecule has 7 N–H and O–H groups in total. The summed E-state index contributed by atoms with van der Waals surface area (Å²) in [6, 6.07) is 5.83. The summed E-state index contributed by atoms with van der Waals surface area (Å²) < 4.78 is 11.9. The maximum absolute atomic E-state index is 14.0. The third-order valence-electron chi connectivity index (χ3n) is 7.81. The zero-order chi connectivity index (χ0) is 29.2. The fourth-order valence-electron chi connectivity index (χ4n) is 5.69. The van der Waals surface area contributed by atoms with Crippen LogP contribution in [0.15, 0.2) is 42.6 Å². The van der Waals surface area contributed by atoms with Crippen molar-refractivity contribution in [1.82, 2.24) is 4.98 Å². The first kappa shape index (κ1) is 27.3. The Hall–Kier alpha value is -3.91. The number of benzene rings is 2. The van der Waals surface area contributed by atoms with Gasteiger partial charge in [0.1, 0.15) is 41.2 Å². The van der Waals surface area contributed by atoms with E-state index in [-0.39, 0.29) is 52.5 Å². The first-order valence-corrected chi connectivity index (χ1v) is 13.0. The molecular formula is C29H28N2O10. The number of aromatic nitrogens is 1. The summed E-state index contributed by atoms with van der Waals surface area (Å²) in [6.07, 6.45) is -3.91. The number of hydrogen-bond donors (Lipinski definition) is 7. The summed E-state index contributed by atoms with van der Waals surface area (Å²) in [4.78, 5) is 32.2. The summed E-state index contributed by atoms with van der Waals surface area (Å²) in [7, 11) is 0. The van der Waals surface area contributed by atoms with Crippen LogP contribution in [0.25, 0.3) is 10.8 Å². The molecular weight excluding hydrogens is 536 g/mol. The third kappa shape index (κ3) is 4.19. The van der Waals surface area contributed by atoms with Crippen molar-refractivity contribution in [3.05, 3.63) is 70.4 Å². The van der Waals surface area contributed by atoms with Crippen LogP contribution in [0.3, 0.4) is 0 Å². The Balaban J connectivity index is 1.62. The van der Waals surface area contributed by atoms with Crippen LogP contribution >= 0.6 is 0 Å². The number of phenolic OH excluding ortho intramolecular Hbond substituents is 1. The van der Waals surface area contributed by atoms with Crippen molar-refractivity contribution < 1.29 is 49.7 Å². The SMILES string of the molecule is Cc1cc(O)c2c(c1)C(=O)c1c(c3cc4c(nccc14)NC[C@@H](O)C/C=C/[C@]1(CO)O[C@@H](O3)[C@H](O)[C@@H](O)[C@@H]1O)C2=O. The molecule has 1 saturated heterocycles. The third-order valence-corrected chi connectivity index (χ3v) is 7.81. The molecule has 6 rings (SSSR count). The van der Waals surface area contributed by atoms with E-state index in [4.69, 9.17) is 9.47 Å². The fourth-order valence-corrected chi connectivity index (χ4v) is 5.69. The van der Waals surface area contributed by atoms with Crippen molar-refractivity contribution in [3.63, 3.8) is 0 Å². The number of ketones is 2. The number of phenols is 1. The Morgan fingerprint density at radius 3 is 2.56 bits per heavy atom. The highest BCUT2D eigenvalue weighted by molar-refractivity contribution is 6.34. The van der Waals surface area contributed by atoms with Gasteiger partial charge in [0.25, 0.3) is 0 Å². The van der Waals surface area contributed by atoms with E-state index in [1.165, 1.54) is 36.5 Å². The average Bonchev–Trinajstić information content (AvgIpc) is 2.94. The molecule has 12 heteroatoms. The molecule has 0 unspecified atom stereocenters. The van der Waals surface area contributed by atoms with Gasteiger partial charge in [0, 0.05) is 29.3 Å². The predicted octanol–water partition coefficient (Wildman–Crippen LogP) is 0.306. The smallest absolute Gasteiger partial charge is 0.229 e. The van der Waals surface area contributed by atoms with Crippen molar-refractivity contribution in [2.24, 2.45) is 0 Å². The van der Waals surface area contributed by atoms with Crippen molar-refractivity contribution in [1.29, 1.82) is 0 Å². The molecule has 12 nitrogen and oxygen atoms in total. The molecule has 2 aliphatic heterocycles. The Morgan fingerprint density at radius 1 is 1.02 bits per heavy atom. The van der Waals surface area contributed by atoms with E-state index >= 15 is 0 Å². The van der Waals surface area contributed by atoms with E-state index in [1.807, 2.05) is 0 Å². The van der Waals surface area contributed by atoms with E-state index in [0.717, 1.165) is 0 Å². The molecule has 2 aromatic carbocycles. The molecule has 214 valence electrons. The molecule has 3 aliphatic rings. The second-order valence-corrected chi connectivity index (χ2v) is 10.6. The number of nitrogens with one attached hydrogen (secondary N) is 1. The normalized spacial score (nSPS) is 30.1. The van der Waals surface area contributed by atoms with Crippen molar-refractivity contribution >= 4 is 28.2 Å². The van der Waals surface area contributed by atoms with Crippen molar-refractivity contribution in [2.75, 3.05) is 18.5 Å². The second kappa shape index (κ2) is 9.87. The van der Waals surface area contributed by atoms with E-state index < -0.39 is 54.5 Å². The van der Waals surface area contributed by atoms with E-state index in [0.29, 0.717) is 16.3 Å². The van der Waals surface area contributed by atoms with Crippen LogP contribution in [0.5, 0.6) is 11.5 Å². The van der Waals surface area contributed by atoms with Gasteiger partial charge in [-0.05, 0) is 48.6 Å². The Kier molecular flexibility index (Phi) is 6.57. The maximum Gasteiger partial charge on any atom is 0.229 e. The minimum atomic E-state index is -1.94. The highest BCUT2D eigenvalue weighted by Crippen LogP contribution is 2.44. The topological polar surface area (TPSA) is 199 Å². The fraction of sp³-hybridized carbons (Fsp3) is 0.345. The molecule has 41 heavy (non-hydrogen) atoms. The van der Waals surface area contributed by atoms with Gasteiger partial charge in [-0.1, -0.05) is 12.2 Å². The number of hydrogen-bond acceptors (Lipinski definition) is 12. The maximum atomic E-state index is 14.0. The van der Waals surface area contributed by atoms with Gasteiger partial charge >= 0.3 is 0 Å². The van der Waals surface area contributed by atoms with Gasteiger partial charge in [0.2, 0.25) is 12.1 Å². The standard InChI is InChI=1S/C29H28N2O10/c1-12-7-16-19(17(34)8-12)23(36)21-18-9-15-14(20(21)22(16)35)4-6-30-27(15)31-10-13(33)3-2-5-29(11-32)26(39)24(37)25(38)28(40-18)41-29/h2,4-9,13,24-26,28,32-34,37-39H,3,10-11H2,1H3,(H,30,31)/b5-2+/t13-,24+,25+,26-,28+,29+/m0/s1. The molecule has 3 aromatic rings. The lowest BCUT2D eigenvalue weighted by molar-refractivity contribution is -0.304. The zero-order valence-electron chi connectivity index (χ0n) is 21.8. The lowest BCUT2D eigenvalue weighted by atomic mass is 9.80. The number of aliphatic hydroxyl groups is 5. The van der Waals surface area contributed by atoms with Gasteiger partial charge in [-0.25, -0.2) is 4.98 Å². The lowest BCUT2D eigenvalue weighted by Gasteiger charge is -2.46. The minimum absolute atomic E-state index is 0.00604. The highest BCUT2D eigenvalue weighted by atomic mass is 16.7. The number of aryl methyl sites for hydroxylation is 1. The first-order valence-electron chi connectivity index (χ1n) is 13.0. The second-order valence-electron chi connectivity index (χ2n) is 10.6. The number of carbonyl (C=O) groups excluding carboxylic acids is 2. The van der Waals surface area contributed by atoms with Crippen LogP contribution < -0.4 is 10.1 Å². The molecule has 6 atom stereocenters. The van der Waals surface area contributed by atoms with Gasteiger partial charge in [-0.3, -0.25) is 9.59 Å². The molecule has 1 aliphatic carbocycles. The van der Waals surface area contributed by atoms with E-state index in [2.05, 4.69) is 10.3 Å². The van der Waals surface area contributed by atoms with E-state index in [1.54, 1.807) is 13.0 Å². The largest absolute Gasteiger partial charge is 0.507 e. The number of rotatable bonds is 1. The van der Waals surface area contributed by atoms with Crippen LogP contribution in [-0.4, -0.2) is 96.6 Å². The van der Waals surface area contributed by atoms with Gasteiger partial charge in [-0.2, -0.15) is 0 Å². The van der Waals surface area contributed by atoms with Crippen LogP contribution in [0, 0.1) is 6.92 Å². The van der Waals surface area contributed by atoms with Gasteiger partial charge in [-0.15, -0.1) is 0 Å². The minimum Gasteiger partial charge on any atom is -0.507 e. The monoisotopic (exact) mass is 564 g/mol. The number of nitrogens with zero attached hydrogens (tertiary/aromatic N) is 1. The molecule has 0 amide bonds. The van der Waals surface area contributed by atoms with Crippen LogP contribution in [0.4, 0.5) is 5.82 Å². The molecule has 0 radical (unpaired) electrons. The first-order chi connectivity index (χ1) is 19.6. The Morgan fingerprint density at radius 2 is 1.80 bits per heavy atom. The molecule has 0 spiro atoms.